The highest BCUT2D eigenvalue weighted by Gasteiger charge is 2.17. The van der Waals surface area contributed by atoms with Gasteiger partial charge in [0.1, 0.15) is 12.4 Å². The van der Waals surface area contributed by atoms with Crippen LogP contribution in [0.25, 0.3) is 0 Å². The highest BCUT2D eigenvalue weighted by atomic mass is 79.9. The number of hydrogen-bond acceptors (Lipinski definition) is 3. The molecule has 2 aromatic carbocycles. The van der Waals surface area contributed by atoms with Gasteiger partial charge in [-0.25, -0.2) is 0 Å². The lowest BCUT2D eigenvalue weighted by Crippen LogP contribution is -2.32. The molecule has 3 nitrogen and oxygen atoms in total. The molecule has 1 aliphatic rings. The Labute approximate surface area is 121 Å². The van der Waals surface area contributed by atoms with Crippen molar-refractivity contribution in [3.63, 3.8) is 0 Å². The van der Waals surface area contributed by atoms with Gasteiger partial charge in [0.05, 0.1) is 12.2 Å². The first-order valence-corrected chi connectivity index (χ1v) is 7.04. The van der Waals surface area contributed by atoms with Crippen LogP contribution in [0, 0.1) is 0 Å². The van der Waals surface area contributed by atoms with Crippen molar-refractivity contribution in [2.24, 2.45) is 0 Å². The van der Waals surface area contributed by atoms with Gasteiger partial charge in [-0.05, 0) is 45.8 Å². The van der Waals surface area contributed by atoms with Gasteiger partial charge in [0.25, 0.3) is 0 Å². The van der Waals surface area contributed by atoms with Crippen molar-refractivity contribution in [2.75, 3.05) is 23.8 Å². The van der Waals surface area contributed by atoms with Crippen molar-refractivity contribution < 1.29 is 4.74 Å². The van der Waals surface area contributed by atoms with E-state index in [1.807, 2.05) is 30.3 Å². The average Bonchev–Trinajstić information content (AvgIpc) is 2.43. The van der Waals surface area contributed by atoms with Gasteiger partial charge in [-0.1, -0.05) is 18.2 Å². The van der Waals surface area contributed by atoms with E-state index in [0.29, 0.717) is 0 Å². The minimum Gasteiger partial charge on any atom is -0.490 e. The second-order valence-electron chi connectivity index (χ2n) is 4.59. The van der Waals surface area contributed by atoms with Crippen molar-refractivity contribution in [1.82, 2.24) is 0 Å². The number of nitrogens with zero attached hydrogens (tertiary/aromatic N) is 1. The average molecular weight is 319 g/mol. The minimum absolute atomic E-state index is 0.725. The zero-order valence-electron chi connectivity index (χ0n) is 10.5. The van der Waals surface area contributed by atoms with E-state index in [2.05, 4.69) is 33.0 Å². The highest BCUT2D eigenvalue weighted by Crippen LogP contribution is 2.32. The van der Waals surface area contributed by atoms with Gasteiger partial charge in [-0.15, -0.1) is 0 Å². The number of nitrogen functional groups attached to an aromatic ring is 1. The second kappa shape index (κ2) is 5.13. The SMILES string of the molecule is Nc1cc(CN2CCOc3ccccc32)ccc1Br. The number of hydrogen-bond donors (Lipinski definition) is 1. The highest BCUT2D eigenvalue weighted by molar-refractivity contribution is 9.10. The number of para-hydroxylation sites is 2. The lowest BCUT2D eigenvalue weighted by atomic mass is 10.1. The van der Waals surface area contributed by atoms with Crippen LogP contribution >= 0.6 is 15.9 Å². The molecule has 4 heteroatoms. The Hall–Kier alpha value is -1.68. The molecule has 1 heterocycles. The molecule has 0 aliphatic carbocycles. The van der Waals surface area contributed by atoms with Crippen molar-refractivity contribution in [3.8, 4) is 5.75 Å². The summed E-state index contributed by atoms with van der Waals surface area (Å²) < 4.78 is 6.60. The van der Waals surface area contributed by atoms with Gasteiger partial charge in [0.15, 0.2) is 0 Å². The van der Waals surface area contributed by atoms with Crippen LogP contribution in [-0.4, -0.2) is 13.2 Å². The topological polar surface area (TPSA) is 38.5 Å². The summed E-state index contributed by atoms with van der Waals surface area (Å²) in [4.78, 5) is 2.32. The van der Waals surface area contributed by atoms with Crippen LogP contribution in [-0.2, 0) is 6.54 Å². The summed E-state index contributed by atoms with van der Waals surface area (Å²) in [6.45, 7) is 2.47. The summed E-state index contributed by atoms with van der Waals surface area (Å²) in [6, 6.07) is 14.3. The summed E-state index contributed by atoms with van der Waals surface area (Å²) in [6.07, 6.45) is 0. The van der Waals surface area contributed by atoms with E-state index < -0.39 is 0 Å². The fourth-order valence-electron chi connectivity index (χ4n) is 2.30. The third-order valence-electron chi connectivity index (χ3n) is 3.26. The third kappa shape index (κ3) is 2.54. The predicted molar refractivity (Wildman–Crippen MR) is 81.5 cm³/mol. The zero-order valence-corrected chi connectivity index (χ0v) is 12.1. The first kappa shape index (κ1) is 12.4. The molecule has 0 amide bonds. The van der Waals surface area contributed by atoms with Gasteiger partial charge >= 0.3 is 0 Å². The van der Waals surface area contributed by atoms with Crippen LogP contribution < -0.4 is 15.4 Å². The van der Waals surface area contributed by atoms with E-state index in [-0.39, 0.29) is 0 Å². The molecule has 2 N–H and O–H groups in total. The summed E-state index contributed by atoms with van der Waals surface area (Å²) in [5.41, 5.74) is 9.06. The first-order valence-electron chi connectivity index (χ1n) is 6.25. The molecule has 0 spiro atoms. The number of benzene rings is 2. The Bertz CT molecular complexity index is 600. The van der Waals surface area contributed by atoms with Gasteiger partial charge in [0, 0.05) is 16.7 Å². The maximum atomic E-state index is 5.93. The summed E-state index contributed by atoms with van der Waals surface area (Å²) >= 11 is 3.42. The lowest BCUT2D eigenvalue weighted by molar-refractivity contribution is 0.307. The molecule has 3 rings (SSSR count). The number of rotatable bonds is 2. The Kier molecular flexibility index (Phi) is 3.34. The molecule has 2 aromatic rings. The predicted octanol–water partition coefficient (Wildman–Crippen LogP) is 3.43. The molecule has 0 fully saturated rings. The number of halogens is 1. The fourth-order valence-corrected chi connectivity index (χ4v) is 2.55. The Balaban J connectivity index is 1.86. The zero-order chi connectivity index (χ0) is 13.2. The van der Waals surface area contributed by atoms with Gasteiger partial charge in [-0.2, -0.15) is 0 Å². The van der Waals surface area contributed by atoms with Crippen LogP contribution in [0.2, 0.25) is 0 Å². The van der Waals surface area contributed by atoms with Gasteiger partial charge in [-0.3, -0.25) is 0 Å². The molecular weight excluding hydrogens is 304 g/mol. The van der Waals surface area contributed by atoms with Crippen LogP contribution in [0.5, 0.6) is 5.75 Å². The molecule has 19 heavy (non-hydrogen) atoms. The fraction of sp³-hybridized carbons (Fsp3) is 0.200. The molecule has 0 bridgehead atoms. The van der Waals surface area contributed by atoms with Gasteiger partial charge in [0.2, 0.25) is 0 Å². The molecule has 0 unspecified atom stereocenters. The van der Waals surface area contributed by atoms with Crippen molar-refractivity contribution in [2.45, 2.75) is 6.54 Å². The number of fused-ring (bicyclic) bond motifs is 1. The monoisotopic (exact) mass is 318 g/mol. The Morgan fingerprint density at radius 3 is 2.89 bits per heavy atom. The number of nitrogens with two attached hydrogens (primary N) is 1. The third-order valence-corrected chi connectivity index (χ3v) is 3.98. The quantitative estimate of drug-likeness (QED) is 0.862. The van der Waals surface area contributed by atoms with Crippen LogP contribution in [0.15, 0.2) is 46.9 Å². The first-order chi connectivity index (χ1) is 9.24. The van der Waals surface area contributed by atoms with Crippen LogP contribution in [0.1, 0.15) is 5.56 Å². The summed E-state index contributed by atoms with van der Waals surface area (Å²) in [7, 11) is 0. The molecule has 0 radical (unpaired) electrons. The Morgan fingerprint density at radius 2 is 2.05 bits per heavy atom. The van der Waals surface area contributed by atoms with Gasteiger partial charge < -0.3 is 15.4 Å². The molecular formula is C15H15BrN2O. The maximum Gasteiger partial charge on any atom is 0.142 e. The largest absolute Gasteiger partial charge is 0.490 e. The molecule has 1 aliphatic heterocycles. The summed E-state index contributed by atoms with van der Waals surface area (Å²) in [5.74, 6) is 0.957. The minimum atomic E-state index is 0.725. The number of anilines is 2. The van der Waals surface area contributed by atoms with Crippen molar-refractivity contribution in [1.29, 1.82) is 0 Å². The molecule has 0 aromatic heterocycles. The van der Waals surface area contributed by atoms with E-state index >= 15 is 0 Å². The second-order valence-corrected chi connectivity index (χ2v) is 5.45. The van der Waals surface area contributed by atoms with Crippen LogP contribution in [0.3, 0.4) is 0 Å². The molecule has 0 atom stereocenters. The van der Waals surface area contributed by atoms with Crippen molar-refractivity contribution >= 4 is 27.3 Å². The van der Waals surface area contributed by atoms with Crippen molar-refractivity contribution in [3.05, 3.63) is 52.5 Å². The molecule has 98 valence electrons. The lowest BCUT2D eigenvalue weighted by Gasteiger charge is -2.31. The summed E-state index contributed by atoms with van der Waals surface area (Å²) in [5, 5.41) is 0. The van der Waals surface area contributed by atoms with E-state index in [0.717, 1.165) is 41.3 Å². The van der Waals surface area contributed by atoms with E-state index in [4.69, 9.17) is 10.5 Å². The molecule has 0 saturated carbocycles. The normalized spacial score (nSPS) is 13.8. The van der Waals surface area contributed by atoms with E-state index in [1.165, 1.54) is 5.56 Å². The number of ether oxygens (including phenoxy) is 1. The smallest absolute Gasteiger partial charge is 0.142 e. The van der Waals surface area contributed by atoms with Crippen LogP contribution in [0.4, 0.5) is 11.4 Å². The Morgan fingerprint density at radius 1 is 1.21 bits per heavy atom. The molecule has 0 saturated heterocycles. The van der Waals surface area contributed by atoms with E-state index in [1.54, 1.807) is 0 Å². The maximum absolute atomic E-state index is 5.93. The standard InChI is InChI=1S/C15H15BrN2O/c16-12-6-5-11(9-13(12)17)10-18-7-8-19-15-4-2-1-3-14(15)18/h1-6,9H,7-8,10,17H2. The van der Waals surface area contributed by atoms with E-state index in [9.17, 15) is 0 Å².